The molecule has 0 fully saturated rings. The lowest BCUT2D eigenvalue weighted by molar-refractivity contribution is -0.114. The molecule has 0 aliphatic heterocycles. The zero-order valence-corrected chi connectivity index (χ0v) is 11.4. The fourth-order valence-corrected chi connectivity index (χ4v) is 1.90. The van der Waals surface area contributed by atoms with Crippen LogP contribution in [0.5, 0.6) is 5.75 Å². The summed E-state index contributed by atoms with van der Waals surface area (Å²) in [6, 6.07) is 10.3. The van der Waals surface area contributed by atoms with Gasteiger partial charge >= 0.3 is 0 Å². The fraction of sp³-hybridized carbons (Fsp3) is 0.133. The van der Waals surface area contributed by atoms with Crippen molar-refractivity contribution in [3.8, 4) is 5.75 Å². The van der Waals surface area contributed by atoms with Gasteiger partial charge in [-0.1, -0.05) is 0 Å². The van der Waals surface area contributed by atoms with Crippen LogP contribution >= 0.6 is 0 Å². The van der Waals surface area contributed by atoms with Gasteiger partial charge in [0.25, 0.3) is 0 Å². The first kappa shape index (κ1) is 13.7. The molecule has 0 spiro atoms. The van der Waals surface area contributed by atoms with Crippen LogP contribution < -0.4 is 16.4 Å². The summed E-state index contributed by atoms with van der Waals surface area (Å²) >= 11 is 0. The zero-order valence-electron chi connectivity index (χ0n) is 11.4. The highest BCUT2D eigenvalue weighted by atomic mass is 16.3. The number of carbonyl (C=O) groups is 1. The standard InChI is InChI=1S/C15H17N3O2/c1-9-7-12(20)4-6-13(9)18-14-5-3-11(16)8-15(14)17-10(2)19/h3-8,18,20H,16H2,1-2H3,(H,17,19). The van der Waals surface area contributed by atoms with Crippen LogP contribution in [0.15, 0.2) is 36.4 Å². The molecular formula is C15H17N3O2. The number of carbonyl (C=O) groups excluding carboxylic acids is 1. The highest BCUT2D eigenvalue weighted by Gasteiger charge is 2.07. The molecule has 1 amide bonds. The minimum atomic E-state index is -0.166. The zero-order chi connectivity index (χ0) is 14.7. The Kier molecular flexibility index (Phi) is 3.79. The predicted molar refractivity (Wildman–Crippen MR) is 81.3 cm³/mol. The van der Waals surface area contributed by atoms with E-state index in [0.29, 0.717) is 11.4 Å². The van der Waals surface area contributed by atoms with Gasteiger partial charge in [-0.3, -0.25) is 4.79 Å². The third-order valence-corrected chi connectivity index (χ3v) is 2.83. The quantitative estimate of drug-likeness (QED) is 0.510. The number of nitrogen functional groups attached to an aromatic ring is 1. The van der Waals surface area contributed by atoms with Crippen LogP contribution in [-0.2, 0) is 4.79 Å². The summed E-state index contributed by atoms with van der Waals surface area (Å²) in [6.07, 6.45) is 0. The SMILES string of the molecule is CC(=O)Nc1cc(N)ccc1Nc1ccc(O)cc1C. The van der Waals surface area contributed by atoms with Crippen molar-refractivity contribution in [2.45, 2.75) is 13.8 Å². The minimum absolute atomic E-state index is 0.166. The Morgan fingerprint density at radius 1 is 1.10 bits per heavy atom. The number of phenols is 1. The number of hydrogen-bond acceptors (Lipinski definition) is 4. The van der Waals surface area contributed by atoms with Crippen molar-refractivity contribution in [1.82, 2.24) is 0 Å². The van der Waals surface area contributed by atoms with Gasteiger partial charge in [-0.25, -0.2) is 0 Å². The van der Waals surface area contributed by atoms with Crippen LogP contribution in [0.25, 0.3) is 0 Å². The van der Waals surface area contributed by atoms with E-state index in [1.807, 2.05) is 6.92 Å². The second kappa shape index (κ2) is 5.52. The van der Waals surface area contributed by atoms with Crippen molar-refractivity contribution in [3.05, 3.63) is 42.0 Å². The summed E-state index contributed by atoms with van der Waals surface area (Å²) in [5, 5.41) is 15.4. The minimum Gasteiger partial charge on any atom is -0.508 e. The van der Waals surface area contributed by atoms with Gasteiger partial charge < -0.3 is 21.5 Å². The van der Waals surface area contributed by atoms with Gasteiger partial charge in [-0.05, 0) is 48.9 Å². The van der Waals surface area contributed by atoms with Crippen LogP contribution in [0.3, 0.4) is 0 Å². The third kappa shape index (κ3) is 3.20. The Balaban J connectivity index is 2.35. The number of aryl methyl sites for hydroxylation is 1. The van der Waals surface area contributed by atoms with Crippen molar-refractivity contribution >= 4 is 28.7 Å². The molecule has 0 saturated heterocycles. The van der Waals surface area contributed by atoms with Crippen molar-refractivity contribution < 1.29 is 9.90 Å². The molecule has 0 unspecified atom stereocenters. The van der Waals surface area contributed by atoms with Crippen molar-refractivity contribution in [2.24, 2.45) is 0 Å². The number of rotatable bonds is 3. The normalized spacial score (nSPS) is 10.1. The number of anilines is 4. The Labute approximate surface area is 117 Å². The number of nitrogens with one attached hydrogen (secondary N) is 2. The highest BCUT2D eigenvalue weighted by Crippen LogP contribution is 2.30. The first-order valence-corrected chi connectivity index (χ1v) is 6.19. The third-order valence-electron chi connectivity index (χ3n) is 2.83. The summed E-state index contributed by atoms with van der Waals surface area (Å²) < 4.78 is 0. The summed E-state index contributed by atoms with van der Waals surface area (Å²) in [6.45, 7) is 3.33. The van der Waals surface area contributed by atoms with Crippen molar-refractivity contribution in [3.63, 3.8) is 0 Å². The molecule has 0 aliphatic rings. The average molecular weight is 271 g/mol. The van der Waals surface area contributed by atoms with E-state index in [2.05, 4.69) is 10.6 Å². The molecule has 0 heterocycles. The largest absolute Gasteiger partial charge is 0.508 e. The van der Waals surface area contributed by atoms with Crippen LogP contribution in [0, 0.1) is 6.92 Å². The summed E-state index contributed by atoms with van der Waals surface area (Å²) in [7, 11) is 0. The predicted octanol–water partition coefficient (Wildman–Crippen LogP) is 2.98. The Bertz CT molecular complexity index is 654. The van der Waals surface area contributed by atoms with E-state index in [1.54, 1.807) is 36.4 Å². The Morgan fingerprint density at radius 3 is 2.45 bits per heavy atom. The lowest BCUT2D eigenvalue weighted by atomic mass is 10.1. The highest BCUT2D eigenvalue weighted by molar-refractivity contribution is 5.94. The van der Waals surface area contributed by atoms with Crippen molar-refractivity contribution in [2.75, 3.05) is 16.4 Å². The van der Waals surface area contributed by atoms with E-state index < -0.39 is 0 Å². The number of amides is 1. The first-order chi connectivity index (χ1) is 9.45. The molecule has 2 rings (SSSR count). The smallest absolute Gasteiger partial charge is 0.221 e. The van der Waals surface area contributed by atoms with Gasteiger partial charge in [-0.2, -0.15) is 0 Å². The van der Waals surface area contributed by atoms with Crippen LogP contribution in [0.4, 0.5) is 22.7 Å². The van der Waals surface area contributed by atoms with E-state index in [-0.39, 0.29) is 11.7 Å². The van der Waals surface area contributed by atoms with Crippen LogP contribution in [0.2, 0.25) is 0 Å². The van der Waals surface area contributed by atoms with Crippen LogP contribution in [-0.4, -0.2) is 11.0 Å². The number of hydrogen-bond donors (Lipinski definition) is 4. The molecule has 5 nitrogen and oxygen atoms in total. The molecule has 5 N–H and O–H groups in total. The molecule has 0 aromatic heterocycles. The lowest BCUT2D eigenvalue weighted by Gasteiger charge is -2.15. The molecule has 0 atom stereocenters. The van der Waals surface area contributed by atoms with Gasteiger partial charge in [0, 0.05) is 18.3 Å². The molecule has 0 saturated carbocycles. The number of nitrogens with two attached hydrogens (primary N) is 1. The molecule has 0 bridgehead atoms. The number of phenolic OH excluding ortho intramolecular Hbond substituents is 1. The monoisotopic (exact) mass is 271 g/mol. The molecule has 2 aromatic carbocycles. The lowest BCUT2D eigenvalue weighted by Crippen LogP contribution is -2.08. The number of benzene rings is 2. The summed E-state index contributed by atoms with van der Waals surface area (Å²) in [4.78, 5) is 11.2. The van der Waals surface area contributed by atoms with Gasteiger partial charge in [0.05, 0.1) is 11.4 Å². The molecule has 2 aromatic rings. The molecule has 0 aliphatic carbocycles. The van der Waals surface area contributed by atoms with Crippen molar-refractivity contribution in [1.29, 1.82) is 0 Å². The van der Waals surface area contributed by atoms with Crippen LogP contribution in [0.1, 0.15) is 12.5 Å². The van der Waals surface area contributed by atoms with E-state index in [1.165, 1.54) is 6.92 Å². The topological polar surface area (TPSA) is 87.4 Å². The van der Waals surface area contributed by atoms with E-state index in [0.717, 1.165) is 16.9 Å². The second-order valence-corrected chi connectivity index (χ2v) is 4.61. The van der Waals surface area contributed by atoms with E-state index >= 15 is 0 Å². The van der Waals surface area contributed by atoms with Gasteiger partial charge in [0.15, 0.2) is 0 Å². The molecule has 5 heteroatoms. The maximum atomic E-state index is 11.2. The van der Waals surface area contributed by atoms with E-state index in [4.69, 9.17) is 5.73 Å². The maximum absolute atomic E-state index is 11.2. The summed E-state index contributed by atoms with van der Waals surface area (Å²) in [5.74, 6) is 0.0496. The molecule has 20 heavy (non-hydrogen) atoms. The van der Waals surface area contributed by atoms with Gasteiger partial charge in [0.2, 0.25) is 5.91 Å². The number of aromatic hydroxyl groups is 1. The Hall–Kier alpha value is -2.69. The van der Waals surface area contributed by atoms with Gasteiger partial charge in [0.1, 0.15) is 5.75 Å². The second-order valence-electron chi connectivity index (χ2n) is 4.61. The first-order valence-electron chi connectivity index (χ1n) is 6.19. The van der Waals surface area contributed by atoms with E-state index in [9.17, 15) is 9.90 Å². The fourth-order valence-electron chi connectivity index (χ4n) is 1.90. The molecular weight excluding hydrogens is 254 g/mol. The molecule has 0 radical (unpaired) electrons. The van der Waals surface area contributed by atoms with Gasteiger partial charge in [-0.15, -0.1) is 0 Å². The Morgan fingerprint density at radius 2 is 1.80 bits per heavy atom. The molecule has 104 valence electrons. The maximum Gasteiger partial charge on any atom is 0.221 e. The average Bonchev–Trinajstić information content (AvgIpc) is 2.34. The summed E-state index contributed by atoms with van der Waals surface area (Å²) in [5.41, 5.74) is 9.41.